The third-order valence-electron chi connectivity index (χ3n) is 1.56. The van der Waals surface area contributed by atoms with Crippen LogP contribution in [0.1, 0.15) is 5.56 Å². The molecule has 0 saturated carbocycles. The highest BCUT2D eigenvalue weighted by atomic mass is 16.3. The Morgan fingerprint density at radius 1 is 1.14 bits per heavy atom. The van der Waals surface area contributed by atoms with Gasteiger partial charge in [-0.25, -0.2) is 0 Å². The van der Waals surface area contributed by atoms with E-state index in [-0.39, 0.29) is 11.5 Å². The first-order chi connectivity index (χ1) is 6.74. The van der Waals surface area contributed by atoms with Gasteiger partial charge < -0.3 is 10.2 Å². The van der Waals surface area contributed by atoms with Crippen LogP contribution >= 0.6 is 0 Å². The number of carbonyl (C=O) groups excluding carboxylic acids is 1. The van der Waals surface area contributed by atoms with Crippen molar-refractivity contribution in [2.24, 2.45) is 0 Å². The molecule has 0 bridgehead atoms. The number of benzene rings is 1. The summed E-state index contributed by atoms with van der Waals surface area (Å²) < 4.78 is 0. The van der Waals surface area contributed by atoms with Gasteiger partial charge >= 0.3 is 0 Å². The number of aromatic hydroxyl groups is 2. The van der Waals surface area contributed by atoms with E-state index in [1.54, 1.807) is 24.5 Å². The third-order valence-corrected chi connectivity index (χ3v) is 1.56. The summed E-state index contributed by atoms with van der Waals surface area (Å²) in [5.41, 5.74) is 0.732. The minimum Gasteiger partial charge on any atom is -0.504 e. The molecule has 3 heteroatoms. The van der Waals surface area contributed by atoms with Crippen molar-refractivity contribution in [1.82, 2.24) is 0 Å². The van der Waals surface area contributed by atoms with Crippen LogP contribution in [0.25, 0.3) is 6.08 Å². The molecule has 0 aliphatic carbocycles. The molecule has 0 heterocycles. The average Bonchev–Trinajstić information content (AvgIpc) is 2.18. The van der Waals surface area contributed by atoms with E-state index < -0.39 is 0 Å². The molecule has 71 valence electrons. The molecule has 0 amide bonds. The van der Waals surface area contributed by atoms with E-state index in [9.17, 15) is 4.79 Å². The van der Waals surface area contributed by atoms with Crippen LogP contribution in [0.3, 0.4) is 0 Å². The van der Waals surface area contributed by atoms with Crippen LogP contribution in [0.2, 0.25) is 0 Å². The van der Waals surface area contributed by atoms with E-state index in [2.05, 4.69) is 0 Å². The lowest BCUT2D eigenvalue weighted by molar-refractivity contribution is 0.403. The van der Waals surface area contributed by atoms with E-state index in [4.69, 9.17) is 10.2 Å². The number of hydrogen-bond acceptors (Lipinski definition) is 3. The normalized spacial score (nSPS) is 11.1. The smallest absolute Gasteiger partial charge is 0.225 e. The summed E-state index contributed by atoms with van der Waals surface area (Å²) in [4.78, 5) is 9.80. The number of phenols is 2. The van der Waals surface area contributed by atoms with Gasteiger partial charge in [-0.1, -0.05) is 24.3 Å². The first kappa shape index (κ1) is 10.1. The predicted octanol–water partition coefficient (Wildman–Crippen LogP) is 1.78. The number of phenolic OH excluding ortho intramolecular Hbond substituents is 2. The highest BCUT2D eigenvalue weighted by Crippen LogP contribution is 2.25. The van der Waals surface area contributed by atoms with Gasteiger partial charge in [0.05, 0.1) is 0 Å². The molecular formula is C11H9O3. The Balaban J connectivity index is 2.77. The molecule has 1 radical (unpaired) electrons. The standard InChI is InChI=1S/C11H9O3/c12-7-3-1-2-4-9-5-6-10(13)11(14)8-9/h1-6,8,13-14H/b3-1+,4-2+. The summed E-state index contributed by atoms with van der Waals surface area (Å²) in [6, 6.07) is 4.46. The molecule has 1 rings (SSSR count). The van der Waals surface area contributed by atoms with Crippen LogP contribution in [0.4, 0.5) is 0 Å². The van der Waals surface area contributed by atoms with Crippen molar-refractivity contribution in [2.45, 2.75) is 0 Å². The summed E-state index contributed by atoms with van der Waals surface area (Å²) in [7, 11) is 0. The fourth-order valence-electron chi connectivity index (χ4n) is 0.906. The summed E-state index contributed by atoms with van der Waals surface area (Å²) in [5.74, 6) is -0.322. The molecule has 2 N–H and O–H groups in total. The van der Waals surface area contributed by atoms with Gasteiger partial charge in [-0.15, -0.1) is 0 Å². The largest absolute Gasteiger partial charge is 0.504 e. The summed E-state index contributed by atoms with van der Waals surface area (Å²) in [5, 5.41) is 18.2. The van der Waals surface area contributed by atoms with Gasteiger partial charge in [0.2, 0.25) is 6.29 Å². The van der Waals surface area contributed by atoms with Crippen LogP contribution in [0.5, 0.6) is 11.5 Å². The van der Waals surface area contributed by atoms with Crippen LogP contribution in [0, 0.1) is 0 Å². The van der Waals surface area contributed by atoms with Gasteiger partial charge in [0.25, 0.3) is 0 Å². The molecule has 0 fully saturated rings. The van der Waals surface area contributed by atoms with Crippen LogP contribution in [-0.2, 0) is 4.79 Å². The number of hydrogen-bond donors (Lipinski definition) is 2. The Labute approximate surface area is 81.6 Å². The maximum Gasteiger partial charge on any atom is 0.225 e. The van der Waals surface area contributed by atoms with E-state index in [0.717, 1.165) is 5.56 Å². The van der Waals surface area contributed by atoms with Crippen molar-refractivity contribution in [3.05, 3.63) is 42.0 Å². The monoisotopic (exact) mass is 189 g/mol. The van der Waals surface area contributed by atoms with Gasteiger partial charge in [0, 0.05) is 0 Å². The van der Waals surface area contributed by atoms with Crippen molar-refractivity contribution in [3.63, 3.8) is 0 Å². The summed E-state index contributed by atoms with van der Waals surface area (Å²) >= 11 is 0. The molecule has 0 aliphatic rings. The fourth-order valence-corrected chi connectivity index (χ4v) is 0.906. The highest BCUT2D eigenvalue weighted by Gasteiger charge is 1.96. The Hall–Kier alpha value is -2.03. The zero-order valence-electron chi connectivity index (χ0n) is 7.34. The quantitative estimate of drug-likeness (QED) is 0.433. The SMILES string of the molecule is O=[C]/C=C/C=C/c1ccc(O)c(O)c1. The molecule has 0 aromatic heterocycles. The fraction of sp³-hybridized carbons (Fsp3) is 0. The van der Waals surface area contributed by atoms with E-state index >= 15 is 0 Å². The van der Waals surface area contributed by atoms with Crippen LogP contribution in [0.15, 0.2) is 36.4 Å². The van der Waals surface area contributed by atoms with E-state index in [0.29, 0.717) is 0 Å². The molecule has 14 heavy (non-hydrogen) atoms. The molecular weight excluding hydrogens is 180 g/mol. The minimum atomic E-state index is -0.168. The lowest BCUT2D eigenvalue weighted by Gasteiger charge is -1.97. The maximum absolute atomic E-state index is 9.80. The highest BCUT2D eigenvalue weighted by molar-refractivity contribution is 5.67. The topological polar surface area (TPSA) is 57.5 Å². The Bertz CT molecular complexity index is 378. The average molecular weight is 189 g/mol. The molecule has 0 spiro atoms. The van der Waals surface area contributed by atoms with Crippen molar-refractivity contribution in [1.29, 1.82) is 0 Å². The Morgan fingerprint density at radius 2 is 1.93 bits per heavy atom. The summed E-state index contributed by atoms with van der Waals surface area (Å²) in [6.07, 6.45) is 7.68. The molecule has 0 aliphatic heterocycles. The Morgan fingerprint density at radius 3 is 2.57 bits per heavy atom. The number of rotatable bonds is 3. The Kier molecular flexibility index (Phi) is 3.49. The van der Waals surface area contributed by atoms with Gasteiger partial charge in [-0.05, 0) is 23.8 Å². The first-order valence-electron chi connectivity index (χ1n) is 3.97. The van der Waals surface area contributed by atoms with Gasteiger partial charge in [-0.2, -0.15) is 0 Å². The summed E-state index contributed by atoms with van der Waals surface area (Å²) in [6.45, 7) is 0. The van der Waals surface area contributed by atoms with Crippen molar-refractivity contribution in [2.75, 3.05) is 0 Å². The molecule has 0 atom stereocenters. The van der Waals surface area contributed by atoms with Gasteiger partial charge in [-0.3, -0.25) is 4.79 Å². The number of allylic oxidation sites excluding steroid dienone is 3. The lowest BCUT2D eigenvalue weighted by atomic mass is 10.2. The second-order valence-electron chi connectivity index (χ2n) is 2.58. The second kappa shape index (κ2) is 4.87. The molecule has 1 aromatic rings. The zero-order chi connectivity index (χ0) is 10.4. The van der Waals surface area contributed by atoms with Crippen LogP contribution < -0.4 is 0 Å². The molecule has 0 unspecified atom stereocenters. The van der Waals surface area contributed by atoms with Crippen LogP contribution in [-0.4, -0.2) is 16.5 Å². The minimum absolute atomic E-state index is 0.154. The van der Waals surface area contributed by atoms with Crippen molar-refractivity contribution in [3.8, 4) is 11.5 Å². The van der Waals surface area contributed by atoms with Crippen molar-refractivity contribution < 1.29 is 15.0 Å². The zero-order valence-corrected chi connectivity index (χ0v) is 7.34. The van der Waals surface area contributed by atoms with E-state index in [1.165, 1.54) is 24.3 Å². The predicted molar refractivity (Wildman–Crippen MR) is 53.6 cm³/mol. The third kappa shape index (κ3) is 2.79. The van der Waals surface area contributed by atoms with Gasteiger partial charge in [0.1, 0.15) is 0 Å². The maximum atomic E-state index is 9.80. The first-order valence-corrected chi connectivity index (χ1v) is 3.97. The molecule has 1 aromatic carbocycles. The van der Waals surface area contributed by atoms with E-state index in [1.807, 2.05) is 0 Å². The lowest BCUT2D eigenvalue weighted by Crippen LogP contribution is -1.72. The molecule has 0 saturated heterocycles. The van der Waals surface area contributed by atoms with Gasteiger partial charge in [0.15, 0.2) is 11.5 Å². The molecule has 3 nitrogen and oxygen atoms in total. The van der Waals surface area contributed by atoms with Crippen molar-refractivity contribution >= 4 is 12.4 Å². The second-order valence-corrected chi connectivity index (χ2v) is 2.58.